The average molecular weight is 337 g/mol. The lowest BCUT2D eigenvalue weighted by Gasteiger charge is -2.15. The number of aliphatic hydroxyl groups excluding tert-OH is 1. The van der Waals surface area contributed by atoms with Crippen LogP contribution < -0.4 is 10.5 Å². The van der Waals surface area contributed by atoms with Gasteiger partial charge in [0.2, 0.25) is 10.0 Å². The quantitative estimate of drug-likeness (QED) is 0.707. The van der Waals surface area contributed by atoms with Crippen molar-refractivity contribution in [2.24, 2.45) is 5.92 Å². The first kappa shape index (κ1) is 15.4. The van der Waals surface area contributed by atoms with Crippen molar-refractivity contribution in [3.8, 4) is 0 Å². The number of nitrogens with two attached hydrogens (primary N) is 1. The molecule has 0 radical (unpaired) electrons. The number of sulfonamides is 1. The summed E-state index contributed by atoms with van der Waals surface area (Å²) in [5.41, 5.74) is 6.02. The summed E-state index contributed by atoms with van der Waals surface area (Å²) in [6.45, 7) is 3.62. The van der Waals surface area contributed by atoms with Gasteiger partial charge < -0.3 is 10.8 Å². The number of anilines is 1. The monoisotopic (exact) mass is 336 g/mol. The Balaban J connectivity index is 2.87. The Labute approximate surface area is 116 Å². The van der Waals surface area contributed by atoms with Crippen molar-refractivity contribution in [1.29, 1.82) is 0 Å². The van der Waals surface area contributed by atoms with Gasteiger partial charge in [-0.3, -0.25) is 0 Å². The summed E-state index contributed by atoms with van der Waals surface area (Å²) in [6, 6.07) is 4.45. The van der Waals surface area contributed by atoms with Crippen LogP contribution in [0.15, 0.2) is 27.6 Å². The van der Waals surface area contributed by atoms with Gasteiger partial charge in [-0.2, -0.15) is 0 Å². The summed E-state index contributed by atoms with van der Waals surface area (Å²) in [5.74, 6) is -0.0115. The molecular formula is C11H17BrN2O3S. The molecule has 102 valence electrons. The lowest BCUT2D eigenvalue weighted by Crippen LogP contribution is -2.34. The molecule has 1 unspecified atom stereocenters. The van der Waals surface area contributed by atoms with Crippen LogP contribution in [0.1, 0.15) is 13.8 Å². The summed E-state index contributed by atoms with van der Waals surface area (Å²) in [7, 11) is -3.65. The van der Waals surface area contributed by atoms with E-state index in [0.29, 0.717) is 10.2 Å². The lowest BCUT2D eigenvalue weighted by atomic mass is 10.1. The van der Waals surface area contributed by atoms with Crippen molar-refractivity contribution in [2.75, 3.05) is 12.3 Å². The molecule has 5 nitrogen and oxygen atoms in total. The molecule has 0 bridgehead atoms. The fraction of sp³-hybridized carbons (Fsp3) is 0.455. The van der Waals surface area contributed by atoms with Crippen LogP contribution in [0.2, 0.25) is 0 Å². The van der Waals surface area contributed by atoms with Crippen LogP contribution in [-0.2, 0) is 10.0 Å². The minimum atomic E-state index is -3.65. The van der Waals surface area contributed by atoms with Crippen molar-refractivity contribution < 1.29 is 13.5 Å². The highest BCUT2D eigenvalue weighted by atomic mass is 79.9. The molecule has 0 aliphatic rings. The van der Waals surface area contributed by atoms with E-state index in [-0.39, 0.29) is 17.4 Å². The van der Waals surface area contributed by atoms with Crippen LogP contribution in [0, 0.1) is 5.92 Å². The number of halogens is 1. The van der Waals surface area contributed by atoms with E-state index in [1.807, 2.05) is 13.8 Å². The molecule has 0 aromatic heterocycles. The van der Waals surface area contributed by atoms with Crippen molar-refractivity contribution in [3.05, 3.63) is 22.7 Å². The van der Waals surface area contributed by atoms with Crippen molar-refractivity contribution >= 4 is 31.6 Å². The molecule has 4 N–H and O–H groups in total. The number of benzene rings is 1. The van der Waals surface area contributed by atoms with Crippen LogP contribution in [0.5, 0.6) is 0 Å². The third-order valence-corrected chi connectivity index (χ3v) is 4.90. The largest absolute Gasteiger partial charge is 0.399 e. The molecule has 0 aliphatic carbocycles. The molecule has 0 amide bonds. The van der Waals surface area contributed by atoms with Gasteiger partial charge >= 0.3 is 0 Å². The topological polar surface area (TPSA) is 92.4 Å². The van der Waals surface area contributed by atoms with Crippen LogP contribution in [0.25, 0.3) is 0 Å². The Bertz CT molecular complexity index is 517. The van der Waals surface area contributed by atoms with Gasteiger partial charge in [0.25, 0.3) is 0 Å². The molecule has 0 saturated carbocycles. The van der Waals surface area contributed by atoms with E-state index in [2.05, 4.69) is 20.7 Å². The van der Waals surface area contributed by atoms with Gasteiger partial charge in [0.1, 0.15) is 0 Å². The first-order valence-electron chi connectivity index (χ1n) is 5.47. The Kier molecular flexibility index (Phi) is 5.15. The van der Waals surface area contributed by atoms with E-state index >= 15 is 0 Å². The molecule has 1 rings (SSSR count). The van der Waals surface area contributed by atoms with Gasteiger partial charge in [-0.1, -0.05) is 13.8 Å². The zero-order chi connectivity index (χ0) is 13.9. The fourth-order valence-corrected chi connectivity index (χ4v) is 3.39. The fourth-order valence-electron chi connectivity index (χ4n) is 1.24. The van der Waals surface area contributed by atoms with E-state index in [4.69, 9.17) is 5.73 Å². The zero-order valence-electron chi connectivity index (χ0n) is 10.2. The second kappa shape index (κ2) is 6.01. The third kappa shape index (κ3) is 3.94. The van der Waals surface area contributed by atoms with Crippen LogP contribution in [0.4, 0.5) is 5.69 Å². The summed E-state index contributed by atoms with van der Waals surface area (Å²) >= 11 is 3.16. The Morgan fingerprint density at radius 1 is 1.44 bits per heavy atom. The number of nitrogen functional groups attached to an aromatic ring is 1. The first-order valence-corrected chi connectivity index (χ1v) is 7.74. The summed E-state index contributed by atoms with van der Waals surface area (Å²) in [5, 5.41) is 9.59. The maximum absolute atomic E-state index is 12.0. The highest BCUT2D eigenvalue weighted by Crippen LogP contribution is 2.24. The molecule has 7 heteroatoms. The predicted octanol–water partition coefficient (Wildman–Crippen LogP) is 1.33. The Morgan fingerprint density at radius 3 is 2.56 bits per heavy atom. The van der Waals surface area contributed by atoms with E-state index in [1.165, 1.54) is 18.2 Å². The Morgan fingerprint density at radius 2 is 2.06 bits per heavy atom. The number of rotatable bonds is 5. The molecule has 0 heterocycles. The van der Waals surface area contributed by atoms with Crippen molar-refractivity contribution in [1.82, 2.24) is 4.72 Å². The van der Waals surface area contributed by atoms with Crippen LogP contribution >= 0.6 is 15.9 Å². The summed E-state index contributed by atoms with van der Waals surface area (Å²) in [4.78, 5) is 0.104. The minimum absolute atomic E-state index is 0.0115. The SMILES string of the molecule is CC(C)C(O)CNS(=O)(=O)c1ccc(N)cc1Br. The second-order valence-electron chi connectivity index (χ2n) is 4.35. The molecule has 1 aromatic carbocycles. The van der Waals surface area contributed by atoms with Gasteiger partial charge in [0, 0.05) is 16.7 Å². The smallest absolute Gasteiger partial charge is 0.241 e. The Hall–Kier alpha value is -0.630. The van der Waals surface area contributed by atoms with Gasteiger partial charge in [0.15, 0.2) is 0 Å². The van der Waals surface area contributed by atoms with Gasteiger partial charge in [-0.15, -0.1) is 0 Å². The second-order valence-corrected chi connectivity index (χ2v) is 6.94. The molecule has 1 atom stereocenters. The average Bonchev–Trinajstić information content (AvgIpc) is 2.25. The normalized spacial score (nSPS) is 13.8. The van der Waals surface area contributed by atoms with Crippen molar-refractivity contribution in [3.63, 3.8) is 0 Å². The summed E-state index contributed by atoms with van der Waals surface area (Å²) < 4.78 is 26.8. The zero-order valence-corrected chi connectivity index (χ0v) is 12.6. The number of aliphatic hydroxyl groups is 1. The predicted molar refractivity (Wildman–Crippen MR) is 74.6 cm³/mol. The lowest BCUT2D eigenvalue weighted by molar-refractivity contribution is 0.129. The maximum atomic E-state index is 12.0. The summed E-state index contributed by atoms with van der Waals surface area (Å²) in [6.07, 6.45) is -0.715. The van der Waals surface area contributed by atoms with Crippen LogP contribution in [-0.4, -0.2) is 26.2 Å². The number of hydrogen-bond acceptors (Lipinski definition) is 4. The number of nitrogens with one attached hydrogen (secondary N) is 1. The van der Waals surface area contributed by atoms with E-state index in [9.17, 15) is 13.5 Å². The van der Waals surface area contributed by atoms with Gasteiger partial charge in [-0.05, 0) is 40.0 Å². The molecule has 0 aliphatic heterocycles. The van der Waals surface area contributed by atoms with Gasteiger partial charge in [-0.25, -0.2) is 13.1 Å². The molecule has 1 aromatic rings. The molecule has 0 spiro atoms. The minimum Gasteiger partial charge on any atom is -0.399 e. The van der Waals surface area contributed by atoms with Gasteiger partial charge in [0.05, 0.1) is 11.0 Å². The number of hydrogen-bond donors (Lipinski definition) is 3. The molecule has 0 fully saturated rings. The van der Waals surface area contributed by atoms with E-state index in [1.54, 1.807) is 0 Å². The highest BCUT2D eigenvalue weighted by Gasteiger charge is 2.19. The first-order chi connectivity index (χ1) is 8.24. The van der Waals surface area contributed by atoms with E-state index in [0.717, 1.165) is 0 Å². The maximum Gasteiger partial charge on any atom is 0.241 e. The molecule has 18 heavy (non-hydrogen) atoms. The highest BCUT2D eigenvalue weighted by molar-refractivity contribution is 9.10. The third-order valence-electron chi connectivity index (χ3n) is 2.50. The van der Waals surface area contributed by atoms with Crippen LogP contribution in [0.3, 0.4) is 0 Å². The molecule has 0 saturated heterocycles. The van der Waals surface area contributed by atoms with E-state index < -0.39 is 16.1 Å². The standard InChI is InChI=1S/C11H17BrN2O3S/c1-7(2)10(15)6-14-18(16,17)11-4-3-8(13)5-9(11)12/h3-5,7,10,14-15H,6,13H2,1-2H3. The molecular weight excluding hydrogens is 320 g/mol. The van der Waals surface area contributed by atoms with Crippen molar-refractivity contribution in [2.45, 2.75) is 24.8 Å².